The highest BCUT2D eigenvalue weighted by atomic mass is 32.2. The van der Waals surface area contributed by atoms with Crippen LogP contribution in [0, 0.1) is 6.92 Å². The van der Waals surface area contributed by atoms with E-state index >= 15 is 0 Å². The second kappa shape index (κ2) is 8.27. The van der Waals surface area contributed by atoms with Crippen LogP contribution in [0.4, 0.5) is 5.69 Å². The number of hydrogen-bond donors (Lipinski definition) is 1. The summed E-state index contributed by atoms with van der Waals surface area (Å²) >= 11 is 1.30. The van der Waals surface area contributed by atoms with Crippen molar-refractivity contribution >= 4 is 34.5 Å². The topological polar surface area (TPSA) is 94.8 Å². The number of aromatic nitrogens is 5. The molecule has 146 valence electrons. The van der Waals surface area contributed by atoms with E-state index in [-0.39, 0.29) is 11.7 Å². The lowest BCUT2D eigenvalue weighted by Crippen LogP contribution is -2.14. The number of carbonyl (C=O) groups excluding carboxylic acids is 1. The Morgan fingerprint density at radius 3 is 2.76 bits per heavy atom. The molecule has 2 heterocycles. The van der Waals surface area contributed by atoms with Gasteiger partial charge in [-0.2, -0.15) is 4.68 Å². The molecule has 0 spiro atoms. The van der Waals surface area contributed by atoms with Crippen LogP contribution in [0.2, 0.25) is 0 Å². The number of amides is 1. The van der Waals surface area contributed by atoms with Crippen molar-refractivity contribution in [3.63, 3.8) is 0 Å². The summed E-state index contributed by atoms with van der Waals surface area (Å²) in [5.41, 5.74) is 3.79. The Kier molecular flexibility index (Phi) is 5.39. The minimum Gasteiger partial charge on any atom is -0.497 e. The highest BCUT2D eigenvalue weighted by molar-refractivity contribution is 8.00. The summed E-state index contributed by atoms with van der Waals surface area (Å²) in [7, 11) is 1.62. The van der Waals surface area contributed by atoms with Gasteiger partial charge >= 0.3 is 0 Å². The number of benzene rings is 2. The van der Waals surface area contributed by atoms with Crippen molar-refractivity contribution in [2.75, 3.05) is 18.2 Å². The van der Waals surface area contributed by atoms with Crippen LogP contribution in [0.5, 0.6) is 5.75 Å². The largest absolute Gasteiger partial charge is 0.497 e. The van der Waals surface area contributed by atoms with E-state index in [1.807, 2.05) is 55.5 Å². The molecule has 0 atom stereocenters. The van der Waals surface area contributed by atoms with Crippen LogP contribution in [0.1, 0.15) is 5.56 Å². The molecular weight excluding hydrogens is 388 g/mol. The summed E-state index contributed by atoms with van der Waals surface area (Å²) in [6.45, 7) is 1.98. The van der Waals surface area contributed by atoms with Crippen molar-refractivity contribution in [1.29, 1.82) is 0 Å². The van der Waals surface area contributed by atoms with Crippen molar-refractivity contribution in [3.8, 4) is 11.4 Å². The number of thioether (sulfide) groups is 1. The molecule has 0 aliphatic carbocycles. The lowest BCUT2D eigenvalue weighted by atomic mass is 10.2. The maximum atomic E-state index is 12.3. The van der Waals surface area contributed by atoms with Gasteiger partial charge in [-0.25, -0.2) is 9.97 Å². The zero-order valence-corrected chi connectivity index (χ0v) is 16.7. The van der Waals surface area contributed by atoms with Gasteiger partial charge in [-0.15, -0.1) is 5.10 Å². The summed E-state index contributed by atoms with van der Waals surface area (Å²) in [4.78, 5) is 20.9. The van der Waals surface area contributed by atoms with E-state index in [1.54, 1.807) is 11.8 Å². The van der Waals surface area contributed by atoms with E-state index in [9.17, 15) is 4.79 Å². The van der Waals surface area contributed by atoms with Crippen molar-refractivity contribution in [2.45, 2.75) is 11.9 Å². The number of nitrogens with one attached hydrogen (secondary N) is 1. The van der Waals surface area contributed by atoms with Crippen LogP contribution in [0.3, 0.4) is 0 Å². The molecule has 0 aliphatic heterocycles. The van der Waals surface area contributed by atoms with Gasteiger partial charge in [0.15, 0.2) is 11.2 Å². The van der Waals surface area contributed by atoms with E-state index in [0.717, 1.165) is 22.7 Å². The molecule has 0 bridgehead atoms. The number of rotatable bonds is 6. The standard InChI is InChI=1S/C20H18N6O2S/c1-13-4-3-5-14(10-13)23-17(27)11-29-20-18-19(21-12-22-20)26(25-24-18)15-6-8-16(28-2)9-7-15/h3-10,12H,11H2,1-2H3,(H,23,27). The zero-order valence-electron chi connectivity index (χ0n) is 15.9. The Bertz CT molecular complexity index is 1160. The summed E-state index contributed by atoms with van der Waals surface area (Å²) < 4.78 is 6.82. The third-order valence-electron chi connectivity index (χ3n) is 4.16. The van der Waals surface area contributed by atoms with Gasteiger partial charge in [0.1, 0.15) is 17.1 Å². The van der Waals surface area contributed by atoms with Gasteiger partial charge in [-0.05, 0) is 48.9 Å². The third-order valence-corrected chi connectivity index (χ3v) is 5.14. The molecule has 4 aromatic rings. The Morgan fingerprint density at radius 2 is 2.00 bits per heavy atom. The zero-order chi connectivity index (χ0) is 20.2. The minimum atomic E-state index is -0.116. The number of methoxy groups -OCH3 is 1. The molecule has 2 aromatic carbocycles. The lowest BCUT2D eigenvalue weighted by molar-refractivity contribution is -0.113. The van der Waals surface area contributed by atoms with Gasteiger partial charge in [0.25, 0.3) is 0 Å². The molecule has 0 saturated carbocycles. The maximum absolute atomic E-state index is 12.3. The van der Waals surface area contributed by atoms with Crippen LogP contribution < -0.4 is 10.1 Å². The maximum Gasteiger partial charge on any atom is 0.234 e. The first-order valence-corrected chi connectivity index (χ1v) is 9.83. The quantitative estimate of drug-likeness (QED) is 0.388. The first-order chi connectivity index (χ1) is 14.1. The smallest absolute Gasteiger partial charge is 0.234 e. The highest BCUT2D eigenvalue weighted by Gasteiger charge is 2.15. The van der Waals surface area contributed by atoms with Gasteiger partial charge < -0.3 is 10.1 Å². The molecule has 4 rings (SSSR count). The molecule has 29 heavy (non-hydrogen) atoms. The van der Waals surface area contributed by atoms with Gasteiger partial charge in [0, 0.05) is 5.69 Å². The number of nitrogens with zero attached hydrogens (tertiary/aromatic N) is 5. The van der Waals surface area contributed by atoms with Crippen LogP contribution in [0.15, 0.2) is 59.9 Å². The minimum absolute atomic E-state index is 0.116. The normalized spacial score (nSPS) is 10.8. The predicted molar refractivity (Wildman–Crippen MR) is 112 cm³/mol. The van der Waals surface area contributed by atoms with Crippen LogP contribution in [-0.4, -0.2) is 43.7 Å². The van der Waals surface area contributed by atoms with Crippen molar-refractivity contribution in [3.05, 3.63) is 60.4 Å². The average Bonchev–Trinajstić information content (AvgIpc) is 3.17. The van der Waals surface area contributed by atoms with Crippen molar-refractivity contribution in [2.24, 2.45) is 0 Å². The first-order valence-electron chi connectivity index (χ1n) is 8.84. The molecule has 0 aliphatic rings. The summed E-state index contributed by atoms with van der Waals surface area (Å²) in [6.07, 6.45) is 1.45. The predicted octanol–water partition coefficient (Wildman–Crippen LogP) is 3.26. The van der Waals surface area contributed by atoms with Crippen LogP contribution >= 0.6 is 11.8 Å². The molecular formula is C20H18N6O2S. The van der Waals surface area contributed by atoms with Crippen LogP contribution in [0.25, 0.3) is 16.9 Å². The Hall–Kier alpha value is -3.46. The molecule has 0 saturated heterocycles. The average molecular weight is 406 g/mol. The second-order valence-electron chi connectivity index (χ2n) is 6.26. The van der Waals surface area contributed by atoms with Gasteiger partial charge in [-0.3, -0.25) is 4.79 Å². The summed E-state index contributed by atoms with van der Waals surface area (Å²) in [6, 6.07) is 15.1. The molecule has 0 radical (unpaired) electrons. The number of anilines is 1. The fourth-order valence-corrected chi connectivity index (χ4v) is 3.52. The van der Waals surface area contributed by atoms with E-state index < -0.39 is 0 Å². The van der Waals surface area contributed by atoms with E-state index in [0.29, 0.717) is 16.2 Å². The number of aryl methyl sites for hydroxylation is 1. The lowest BCUT2D eigenvalue weighted by Gasteiger charge is -2.06. The monoisotopic (exact) mass is 406 g/mol. The van der Waals surface area contributed by atoms with Gasteiger partial charge in [-0.1, -0.05) is 29.1 Å². The SMILES string of the molecule is COc1ccc(-n2nnc3c(SCC(=O)Nc4cccc(C)c4)ncnc32)cc1. The van der Waals surface area contributed by atoms with Gasteiger partial charge in [0.2, 0.25) is 5.91 Å². The first kappa shape index (κ1) is 18.9. The molecule has 8 nitrogen and oxygen atoms in total. The fraction of sp³-hybridized carbons (Fsp3) is 0.150. The number of ether oxygens (including phenoxy) is 1. The summed E-state index contributed by atoms with van der Waals surface area (Å²) in [5, 5.41) is 11.9. The van der Waals surface area contributed by atoms with Gasteiger partial charge in [0.05, 0.1) is 18.6 Å². The molecule has 2 aromatic heterocycles. The van der Waals surface area contributed by atoms with Crippen molar-refractivity contribution in [1.82, 2.24) is 25.0 Å². The van der Waals surface area contributed by atoms with E-state index in [2.05, 4.69) is 25.6 Å². The van der Waals surface area contributed by atoms with E-state index in [1.165, 1.54) is 18.1 Å². The molecule has 0 unspecified atom stereocenters. The fourth-order valence-electron chi connectivity index (χ4n) is 2.78. The second-order valence-corrected chi connectivity index (χ2v) is 7.22. The third kappa shape index (κ3) is 4.19. The van der Waals surface area contributed by atoms with Crippen molar-refractivity contribution < 1.29 is 9.53 Å². The molecule has 1 amide bonds. The molecule has 0 fully saturated rings. The Morgan fingerprint density at radius 1 is 1.17 bits per heavy atom. The molecule has 9 heteroatoms. The Balaban J connectivity index is 1.51. The number of hydrogen-bond acceptors (Lipinski definition) is 7. The Labute approximate surface area is 171 Å². The number of fused-ring (bicyclic) bond motifs is 1. The van der Waals surface area contributed by atoms with Crippen LogP contribution in [-0.2, 0) is 4.79 Å². The molecule has 1 N–H and O–H groups in total. The van der Waals surface area contributed by atoms with E-state index in [4.69, 9.17) is 4.74 Å². The highest BCUT2D eigenvalue weighted by Crippen LogP contribution is 2.25. The summed E-state index contributed by atoms with van der Waals surface area (Å²) in [5.74, 6) is 0.841. The number of carbonyl (C=O) groups is 1.